The molecule has 0 aromatic carbocycles. The summed E-state index contributed by atoms with van der Waals surface area (Å²) in [4.78, 5) is 76.7. The average molecular weight is 855 g/mol. The molecule has 60 heavy (non-hydrogen) atoms. The van der Waals surface area contributed by atoms with Crippen LogP contribution in [0.1, 0.15) is 158 Å². The molecule has 2 saturated heterocycles. The number of nitrogens with zero attached hydrogens (tertiary/aromatic N) is 2. The molecule has 5 amide bonds. The minimum Gasteiger partial charge on any atom is -0.343 e. The highest BCUT2D eigenvalue weighted by Crippen LogP contribution is 2.88. The topological polar surface area (TPSA) is 174 Å². The summed E-state index contributed by atoms with van der Waals surface area (Å²) in [5.41, 5.74) is -2.74. The van der Waals surface area contributed by atoms with Crippen LogP contribution in [0, 0.1) is 33.5 Å². The molecule has 7 atom stereocenters. The number of likely N-dealkylation sites (tertiary alicyclic amines) is 2. The predicted molar refractivity (Wildman–Crippen MR) is 230 cm³/mol. The Morgan fingerprint density at radius 1 is 0.783 bits per heavy atom. The number of nitrogens with one attached hydrogen (secondary N) is 4. The van der Waals surface area contributed by atoms with Crippen LogP contribution in [-0.4, -0.2) is 102 Å². The lowest BCUT2D eigenvalue weighted by Crippen LogP contribution is -2.63. The lowest BCUT2D eigenvalue weighted by Gasteiger charge is -2.40. The molecule has 336 valence electrons. The van der Waals surface area contributed by atoms with Crippen molar-refractivity contribution in [2.45, 2.75) is 199 Å². The van der Waals surface area contributed by atoms with Gasteiger partial charge in [0, 0.05) is 23.9 Å². The van der Waals surface area contributed by atoms with E-state index in [1.54, 1.807) is 11.0 Å². The van der Waals surface area contributed by atoms with Gasteiger partial charge in [-0.15, -0.1) is 6.58 Å². The fraction of sp³-hybridized carbons (Fsp3) is 0.848. The largest absolute Gasteiger partial charge is 0.343 e. The van der Waals surface area contributed by atoms with Crippen molar-refractivity contribution in [1.29, 1.82) is 0 Å². The summed E-state index contributed by atoms with van der Waals surface area (Å²) in [5, 5.41) is 8.71. The van der Waals surface area contributed by atoms with Crippen molar-refractivity contribution in [1.82, 2.24) is 30.5 Å². The number of piperidine rings is 1. The number of carbonyl (C=O) groups excluding carboxylic acids is 5. The monoisotopic (exact) mass is 855 g/mol. The number of hydrogen-bond acceptors (Lipinski definition) is 8. The van der Waals surface area contributed by atoms with Gasteiger partial charge in [-0.05, 0) is 107 Å². The van der Waals surface area contributed by atoms with Crippen molar-refractivity contribution in [3.05, 3.63) is 12.7 Å². The van der Waals surface area contributed by atoms with Crippen LogP contribution in [-0.2, 0) is 34.0 Å². The van der Waals surface area contributed by atoms with Gasteiger partial charge in [0.15, 0.2) is 0 Å². The number of carbonyl (C=O) groups is 5. The van der Waals surface area contributed by atoms with E-state index in [9.17, 15) is 27.6 Å². The molecular formula is C46H74N6O7S. The lowest BCUT2D eigenvalue weighted by atomic mass is 9.73. The molecular weight excluding hydrogens is 781 g/mol. The predicted octanol–water partition coefficient (Wildman–Crippen LogP) is 5.09. The van der Waals surface area contributed by atoms with Crippen molar-refractivity contribution in [2.75, 3.05) is 13.1 Å². The number of hydrogen-bond donors (Lipinski definition) is 4. The molecule has 14 heteroatoms. The summed E-state index contributed by atoms with van der Waals surface area (Å²) in [6.45, 7) is 19.4. The van der Waals surface area contributed by atoms with Crippen molar-refractivity contribution in [2.24, 2.45) is 33.5 Å². The molecule has 0 aromatic rings. The summed E-state index contributed by atoms with van der Waals surface area (Å²) in [5.74, 6) is -2.67. The second kappa shape index (κ2) is 16.3. The Labute approximate surface area is 359 Å². The molecule has 4 N–H and O–H groups in total. The van der Waals surface area contributed by atoms with Crippen LogP contribution in [0.2, 0.25) is 0 Å². The fourth-order valence-corrected chi connectivity index (χ4v) is 14.5. The van der Waals surface area contributed by atoms with Crippen LogP contribution in [0.15, 0.2) is 12.7 Å². The van der Waals surface area contributed by atoms with Gasteiger partial charge in [0.25, 0.3) is 5.91 Å². The highest BCUT2D eigenvalue weighted by Gasteiger charge is 2.85. The summed E-state index contributed by atoms with van der Waals surface area (Å²) >= 11 is 0. The molecule has 7 aliphatic rings. The molecule has 5 saturated carbocycles. The Morgan fingerprint density at radius 3 is 1.97 bits per heavy atom. The van der Waals surface area contributed by atoms with Gasteiger partial charge in [-0.1, -0.05) is 85.6 Å². The standard InChI is InChI=1S/C46H74N6O7S/c1-9-31-26-46(31,41(57)50-60(58,59)32-20-13-14-21-32)49-38(54)34-27-45(43(7,8)44(45)23-17-24-44)28-52(34)40(56)36(42(4,5)6)48-39(55)35(30-18-11-10-12-19-30)47-37(53)33-22-15-16-25-51(33)29(2)3/h9,29-36H,1,10-28H2,2-8H3,(H,47,53)(H,48,55)(H,49,54)(H,50,57)/t31-,33+,34+,35+,36-,45-,46-/m1/s1. The summed E-state index contributed by atoms with van der Waals surface area (Å²) in [6, 6.07) is -2.90. The van der Waals surface area contributed by atoms with Gasteiger partial charge < -0.3 is 20.9 Å². The Balaban J connectivity index is 1.15. The molecule has 2 spiro atoms. The Hall–Kier alpha value is -3.00. The van der Waals surface area contributed by atoms with E-state index in [1.165, 1.54) is 0 Å². The molecule has 13 nitrogen and oxygen atoms in total. The molecule has 0 aromatic heterocycles. The van der Waals surface area contributed by atoms with E-state index in [1.807, 2.05) is 20.8 Å². The SMILES string of the molecule is C=C[C@@H]1C[C@]1(NC(=O)[C@@H]1C[C@@]2(CN1C(=O)[C@@H](NC(=O)[C@@H](NC(=O)[C@@H]1CCCCN1C(C)C)C1CCCCC1)C(C)(C)C)C(C)(C)C21CCC1)C(=O)NS(=O)(=O)C1CCCC1. The van der Waals surface area contributed by atoms with E-state index in [4.69, 9.17) is 0 Å². The zero-order chi connectivity index (χ0) is 43.6. The van der Waals surface area contributed by atoms with E-state index in [-0.39, 0.29) is 58.4 Å². The minimum absolute atomic E-state index is 0.0129. The van der Waals surface area contributed by atoms with E-state index in [0.717, 1.165) is 90.0 Å². The maximum absolute atomic E-state index is 15.3. The zero-order valence-corrected chi connectivity index (χ0v) is 38.3. The number of amides is 5. The first-order valence-corrected chi connectivity index (χ1v) is 24.9. The van der Waals surface area contributed by atoms with Crippen LogP contribution in [0.4, 0.5) is 0 Å². The highest BCUT2D eigenvalue weighted by molar-refractivity contribution is 7.90. The molecule has 7 fully saturated rings. The van der Waals surface area contributed by atoms with Crippen LogP contribution < -0.4 is 20.7 Å². The third kappa shape index (κ3) is 7.63. The summed E-state index contributed by atoms with van der Waals surface area (Å²) < 4.78 is 28.9. The van der Waals surface area contributed by atoms with Gasteiger partial charge in [0.2, 0.25) is 33.7 Å². The van der Waals surface area contributed by atoms with Crippen LogP contribution in [0.3, 0.4) is 0 Å². The molecule has 0 radical (unpaired) electrons. The second-order valence-electron chi connectivity index (χ2n) is 21.8. The minimum atomic E-state index is -3.94. The maximum atomic E-state index is 15.3. The quantitative estimate of drug-likeness (QED) is 0.186. The van der Waals surface area contributed by atoms with Gasteiger partial charge in [0.1, 0.15) is 23.7 Å². The number of rotatable bonds is 13. The van der Waals surface area contributed by atoms with E-state index in [2.05, 4.69) is 59.8 Å². The maximum Gasteiger partial charge on any atom is 0.259 e. The highest BCUT2D eigenvalue weighted by atomic mass is 32.2. The van der Waals surface area contributed by atoms with Crippen LogP contribution in [0.5, 0.6) is 0 Å². The van der Waals surface area contributed by atoms with Crippen LogP contribution in [0.25, 0.3) is 0 Å². The van der Waals surface area contributed by atoms with Gasteiger partial charge in [-0.2, -0.15) is 0 Å². The first-order valence-electron chi connectivity index (χ1n) is 23.3. The lowest BCUT2D eigenvalue weighted by molar-refractivity contribution is -0.145. The third-order valence-electron chi connectivity index (χ3n) is 17.0. The molecule has 5 aliphatic carbocycles. The van der Waals surface area contributed by atoms with Crippen molar-refractivity contribution < 1.29 is 32.4 Å². The normalized spacial score (nSPS) is 32.5. The van der Waals surface area contributed by atoms with E-state index >= 15 is 4.79 Å². The van der Waals surface area contributed by atoms with Crippen molar-refractivity contribution in [3.8, 4) is 0 Å². The summed E-state index contributed by atoms with van der Waals surface area (Å²) in [7, 11) is -3.94. The Morgan fingerprint density at radius 2 is 1.42 bits per heavy atom. The van der Waals surface area contributed by atoms with Gasteiger partial charge >= 0.3 is 0 Å². The second-order valence-corrected chi connectivity index (χ2v) is 23.7. The number of fused-ring (bicyclic) bond motifs is 1. The summed E-state index contributed by atoms with van der Waals surface area (Å²) in [6.07, 6.45) is 15.2. The van der Waals surface area contributed by atoms with Gasteiger partial charge in [0.05, 0.1) is 11.3 Å². The molecule has 2 aliphatic heterocycles. The fourth-order valence-electron chi connectivity index (χ4n) is 12.9. The van der Waals surface area contributed by atoms with Crippen LogP contribution >= 0.6 is 0 Å². The van der Waals surface area contributed by atoms with E-state index < -0.39 is 62.1 Å². The first-order chi connectivity index (χ1) is 28.2. The molecule has 0 bridgehead atoms. The third-order valence-corrected chi connectivity index (χ3v) is 18.9. The molecule has 7 rings (SSSR count). The molecule has 0 unspecified atom stereocenters. The van der Waals surface area contributed by atoms with E-state index in [0.29, 0.717) is 25.8 Å². The number of sulfonamides is 1. The Kier molecular flexibility index (Phi) is 12.2. The van der Waals surface area contributed by atoms with Crippen molar-refractivity contribution >= 4 is 39.6 Å². The molecule has 2 heterocycles. The first kappa shape index (κ1) is 45.0. The van der Waals surface area contributed by atoms with Crippen molar-refractivity contribution in [3.63, 3.8) is 0 Å². The smallest absolute Gasteiger partial charge is 0.259 e. The average Bonchev–Trinajstić information content (AvgIpc) is 3.63. The van der Waals surface area contributed by atoms with Gasteiger partial charge in [-0.3, -0.25) is 33.6 Å². The van der Waals surface area contributed by atoms with Gasteiger partial charge in [-0.25, -0.2) is 8.42 Å². The Bertz CT molecular complexity index is 1830. The zero-order valence-electron chi connectivity index (χ0n) is 37.5.